The number of hydrogen-bond acceptors (Lipinski definition) is 6. The number of rotatable bonds is 5. The molecule has 90 valence electrons. The molecule has 2 rings (SSSR count). The van der Waals surface area contributed by atoms with Gasteiger partial charge in [-0.15, -0.1) is 0 Å². The summed E-state index contributed by atoms with van der Waals surface area (Å²) in [6.45, 7) is 3.03. The van der Waals surface area contributed by atoms with Crippen LogP contribution in [0, 0.1) is 0 Å². The number of H-pyrrole nitrogens is 1. The van der Waals surface area contributed by atoms with Gasteiger partial charge >= 0.3 is 0 Å². The summed E-state index contributed by atoms with van der Waals surface area (Å²) in [6.07, 6.45) is 3.12. The highest BCUT2D eigenvalue weighted by atomic mass is 16.5. The van der Waals surface area contributed by atoms with E-state index in [9.17, 15) is 0 Å². The van der Waals surface area contributed by atoms with Gasteiger partial charge in [-0.3, -0.25) is 5.10 Å². The average molecular weight is 234 g/mol. The van der Waals surface area contributed by atoms with Crippen molar-refractivity contribution < 1.29 is 4.74 Å². The van der Waals surface area contributed by atoms with Gasteiger partial charge in [-0.25, -0.2) is 9.97 Å². The lowest BCUT2D eigenvalue weighted by molar-refractivity contribution is 0.326. The minimum atomic E-state index is 0.546. The number of anilines is 2. The molecule has 0 amide bonds. The summed E-state index contributed by atoms with van der Waals surface area (Å²) < 4.78 is 5.27. The first kappa shape index (κ1) is 11.2. The zero-order valence-electron chi connectivity index (χ0n) is 9.47. The van der Waals surface area contributed by atoms with Crippen molar-refractivity contribution in [3.8, 4) is 5.88 Å². The van der Waals surface area contributed by atoms with Crippen LogP contribution in [0.3, 0.4) is 0 Å². The van der Waals surface area contributed by atoms with Gasteiger partial charge in [0.2, 0.25) is 5.88 Å². The predicted octanol–water partition coefficient (Wildman–Crippen LogP) is 0.793. The Morgan fingerprint density at radius 2 is 2.35 bits per heavy atom. The molecule has 2 heterocycles. The molecule has 7 nitrogen and oxygen atoms in total. The summed E-state index contributed by atoms with van der Waals surface area (Å²) in [4.78, 5) is 8.05. The van der Waals surface area contributed by atoms with E-state index in [4.69, 9.17) is 10.5 Å². The van der Waals surface area contributed by atoms with E-state index in [2.05, 4.69) is 25.5 Å². The first-order chi connectivity index (χ1) is 8.29. The van der Waals surface area contributed by atoms with Crippen molar-refractivity contribution in [2.75, 3.05) is 17.7 Å². The van der Waals surface area contributed by atoms with Gasteiger partial charge in [0.1, 0.15) is 18.0 Å². The number of aromatic amines is 1. The van der Waals surface area contributed by atoms with Crippen LogP contribution in [0.5, 0.6) is 5.88 Å². The number of nitrogen functional groups attached to an aromatic ring is 1. The van der Waals surface area contributed by atoms with Gasteiger partial charge in [0, 0.05) is 18.2 Å². The third-order valence-electron chi connectivity index (χ3n) is 2.15. The van der Waals surface area contributed by atoms with Crippen molar-refractivity contribution in [3.63, 3.8) is 0 Å². The summed E-state index contributed by atoms with van der Waals surface area (Å²) in [5.41, 5.74) is 6.56. The Bertz CT molecular complexity index is 483. The van der Waals surface area contributed by atoms with E-state index in [-0.39, 0.29) is 0 Å². The van der Waals surface area contributed by atoms with E-state index in [1.807, 2.05) is 6.92 Å². The Hall–Kier alpha value is -2.31. The fourth-order valence-corrected chi connectivity index (χ4v) is 1.31. The topological polar surface area (TPSA) is 102 Å². The van der Waals surface area contributed by atoms with Crippen LogP contribution in [-0.4, -0.2) is 26.8 Å². The van der Waals surface area contributed by atoms with Crippen LogP contribution < -0.4 is 15.8 Å². The summed E-state index contributed by atoms with van der Waals surface area (Å²) in [6, 6.07) is 1.74. The maximum Gasteiger partial charge on any atom is 0.218 e. The Labute approximate surface area is 98.4 Å². The standard InChI is InChI=1S/C10H14N6O/c1-2-17-9-3-8(13-6-14-9)12-4-7-5-15-16-10(7)11/h3,5-6H,2,4H2,1H3,(H3,11,15,16)(H,12,13,14). The van der Waals surface area contributed by atoms with Crippen LogP contribution in [0.25, 0.3) is 0 Å². The van der Waals surface area contributed by atoms with Crippen molar-refractivity contribution in [2.45, 2.75) is 13.5 Å². The third-order valence-corrected chi connectivity index (χ3v) is 2.15. The van der Waals surface area contributed by atoms with Gasteiger partial charge in [-0.2, -0.15) is 5.10 Å². The Balaban J connectivity index is 1.99. The molecule has 17 heavy (non-hydrogen) atoms. The minimum absolute atomic E-state index is 0.546. The molecule has 0 aliphatic rings. The van der Waals surface area contributed by atoms with Crippen molar-refractivity contribution >= 4 is 11.6 Å². The quantitative estimate of drug-likeness (QED) is 0.707. The van der Waals surface area contributed by atoms with Gasteiger partial charge in [-0.05, 0) is 6.92 Å². The maximum absolute atomic E-state index is 5.67. The average Bonchev–Trinajstić information content (AvgIpc) is 2.73. The first-order valence-corrected chi connectivity index (χ1v) is 5.26. The van der Waals surface area contributed by atoms with Gasteiger partial charge in [-0.1, -0.05) is 0 Å². The Morgan fingerprint density at radius 1 is 1.47 bits per heavy atom. The van der Waals surface area contributed by atoms with E-state index < -0.39 is 0 Å². The maximum atomic E-state index is 5.67. The van der Waals surface area contributed by atoms with Crippen LogP contribution in [0.2, 0.25) is 0 Å². The molecule has 2 aromatic rings. The molecular formula is C10H14N6O. The molecular weight excluding hydrogens is 220 g/mol. The summed E-state index contributed by atoms with van der Waals surface area (Å²) in [5.74, 6) is 1.78. The molecule has 0 aliphatic carbocycles. The smallest absolute Gasteiger partial charge is 0.218 e. The molecule has 0 bridgehead atoms. The lowest BCUT2D eigenvalue weighted by Crippen LogP contribution is -2.04. The molecule has 2 aromatic heterocycles. The van der Waals surface area contributed by atoms with Crippen LogP contribution in [0.1, 0.15) is 12.5 Å². The molecule has 0 saturated carbocycles. The molecule has 4 N–H and O–H groups in total. The number of aromatic nitrogens is 4. The molecule has 0 fully saturated rings. The Morgan fingerprint density at radius 3 is 3.06 bits per heavy atom. The van der Waals surface area contributed by atoms with Crippen molar-refractivity contribution in [2.24, 2.45) is 0 Å². The largest absolute Gasteiger partial charge is 0.478 e. The number of ether oxygens (including phenoxy) is 1. The predicted molar refractivity (Wildman–Crippen MR) is 63.5 cm³/mol. The van der Waals surface area contributed by atoms with Crippen molar-refractivity contribution in [3.05, 3.63) is 24.2 Å². The molecule has 0 saturated heterocycles. The van der Waals surface area contributed by atoms with Crippen LogP contribution >= 0.6 is 0 Å². The normalized spacial score (nSPS) is 10.2. The zero-order chi connectivity index (χ0) is 12.1. The van der Waals surface area contributed by atoms with E-state index in [0.717, 1.165) is 5.56 Å². The van der Waals surface area contributed by atoms with Crippen molar-refractivity contribution in [1.82, 2.24) is 20.2 Å². The fourth-order valence-electron chi connectivity index (χ4n) is 1.31. The van der Waals surface area contributed by atoms with E-state index in [1.54, 1.807) is 12.3 Å². The molecule has 0 aliphatic heterocycles. The van der Waals surface area contributed by atoms with Crippen LogP contribution in [0.4, 0.5) is 11.6 Å². The van der Waals surface area contributed by atoms with Crippen molar-refractivity contribution in [1.29, 1.82) is 0 Å². The molecule has 0 unspecified atom stereocenters. The highest BCUT2D eigenvalue weighted by Gasteiger charge is 2.02. The Kier molecular flexibility index (Phi) is 3.39. The monoisotopic (exact) mass is 234 g/mol. The number of hydrogen-bond donors (Lipinski definition) is 3. The first-order valence-electron chi connectivity index (χ1n) is 5.26. The fraction of sp³-hybridized carbons (Fsp3) is 0.300. The molecule has 0 spiro atoms. The SMILES string of the molecule is CCOc1cc(NCc2cn[nH]c2N)ncn1. The highest BCUT2D eigenvalue weighted by molar-refractivity contribution is 5.42. The molecule has 7 heteroatoms. The number of nitrogens with one attached hydrogen (secondary N) is 2. The molecule has 0 aromatic carbocycles. The highest BCUT2D eigenvalue weighted by Crippen LogP contribution is 2.13. The number of nitrogens with two attached hydrogens (primary N) is 1. The van der Waals surface area contributed by atoms with Gasteiger partial charge < -0.3 is 15.8 Å². The summed E-state index contributed by atoms with van der Waals surface area (Å²) in [7, 11) is 0. The van der Waals surface area contributed by atoms with Gasteiger partial charge in [0.15, 0.2) is 0 Å². The van der Waals surface area contributed by atoms with Crippen LogP contribution in [-0.2, 0) is 6.54 Å². The second-order valence-electron chi connectivity index (χ2n) is 3.34. The molecule has 0 radical (unpaired) electrons. The minimum Gasteiger partial charge on any atom is -0.478 e. The van der Waals surface area contributed by atoms with Gasteiger partial charge in [0.25, 0.3) is 0 Å². The second-order valence-corrected chi connectivity index (χ2v) is 3.34. The zero-order valence-corrected chi connectivity index (χ0v) is 9.47. The number of nitrogens with zero attached hydrogens (tertiary/aromatic N) is 3. The summed E-state index contributed by atoms with van der Waals surface area (Å²) >= 11 is 0. The van der Waals surface area contributed by atoms with E-state index in [1.165, 1.54) is 6.33 Å². The lowest BCUT2D eigenvalue weighted by Gasteiger charge is -2.06. The lowest BCUT2D eigenvalue weighted by atomic mass is 10.3. The van der Waals surface area contributed by atoms with Crippen LogP contribution in [0.15, 0.2) is 18.6 Å². The second kappa shape index (κ2) is 5.15. The molecule has 0 atom stereocenters. The van der Waals surface area contributed by atoms with E-state index >= 15 is 0 Å². The third kappa shape index (κ3) is 2.83. The summed E-state index contributed by atoms with van der Waals surface area (Å²) in [5, 5.41) is 9.62. The van der Waals surface area contributed by atoms with E-state index in [0.29, 0.717) is 30.7 Å². The van der Waals surface area contributed by atoms with Gasteiger partial charge in [0.05, 0.1) is 12.8 Å².